The Hall–Kier alpha value is -2.98. The summed E-state index contributed by atoms with van der Waals surface area (Å²) in [7, 11) is 1.52. The Labute approximate surface area is 180 Å². The molecule has 1 saturated carbocycles. The lowest BCUT2D eigenvalue weighted by Gasteiger charge is -2.30. The number of amides is 1. The molecule has 3 rings (SSSR count). The molecule has 2 N–H and O–H groups in total. The van der Waals surface area contributed by atoms with Crippen LogP contribution >= 0.6 is 0 Å². The highest BCUT2D eigenvalue weighted by atomic mass is 19.4. The standard InChI is InChI=1S/C21H21F6N3O2/c1-32-16-8-2-12(3-9-16)19(31)29-14-6-4-13(5-7-14)28-15-10-17(20(22,23)24)30-18(11-15)21(25,26)27/h2-3,8-11,13-14H,4-7H2,1H3,(H,28,30)(H,29,31)/t13-,14+. The van der Waals surface area contributed by atoms with Crippen LogP contribution in [0.1, 0.15) is 47.4 Å². The number of nitrogens with zero attached hydrogens (tertiary/aromatic N) is 1. The topological polar surface area (TPSA) is 63.2 Å². The van der Waals surface area contributed by atoms with Crippen LogP contribution in [0.2, 0.25) is 0 Å². The third-order valence-electron chi connectivity index (χ3n) is 5.19. The fourth-order valence-corrected chi connectivity index (χ4v) is 3.53. The van der Waals surface area contributed by atoms with Crippen LogP contribution in [-0.2, 0) is 12.4 Å². The number of rotatable bonds is 5. The van der Waals surface area contributed by atoms with Crippen molar-refractivity contribution in [1.29, 1.82) is 0 Å². The normalized spacial score (nSPS) is 19.3. The monoisotopic (exact) mass is 461 g/mol. The number of anilines is 1. The molecule has 0 unspecified atom stereocenters. The summed E-state index contributed by atoms with van der Waals surface area (Å²) in [6, 6.07) is 7.26. The van der Waals surface area contributed by atoms with E-state index in [1.807, 2.05) is 0 Å². The minimum absolute atomic E-state index is 0.142. The maximum Gasteiger partial charge on any atom is 0.433 e. The van der Waals surface area contributed by atoms with Crippen molar-refractivity contribution < 1.29 is 35.9 Å². The largest absolute Gasteiger partial charge is 0.497 e. The molecule has 5 nitrogen and oxygen atoms in total. The molecule has 0 radical (unpaired) electrons. The summed E-state index contributed by atoms with van der Waals surface area (Å²) >= 11 is 0. The first-order valence-electron chi connectivity index (χ1n) is 9.83. The van der Waals surface area contributed by atoms with Crippen molar-refractivity contribution in [2.75, 3.05) is 12.4 Å². The number of benzene rings is 1. The number of aromatic nitrogens is 1. The molecular weight excluding hydrogens is 440 g/mol. The van der Waals surface area contributed by atoms with Gasteiger partial charge in [0.15, 0.2) is 0 Å². The molecule has 0 bridgehead atoms. The van der Waals surface area contributed by atoms with Crippen molar-refractivity contribution in [3.8, 4) is 5.75 Å². The molecule has 0 spiro atoms. The first kappa shape index (κ1) is 23.7. The fraction of sp³-hybridized carbons (Fsp3) is 0.429. The molecule has 1 heterocycles. The zero-order valence-corrected chi connectivity index (χ0v) is 17.0. The van der Waals surface area contributed by atoms with E-state index in [2.05, 4.69) is 15.6 Å². The van der Waals surface area contributed by atoms with Crippen LogP contribution in [0.15, 0.2) is 36.4 Å². The molecule has 1 aromatic carbocycles. The number of methoxy groups -OCH3 is 1. The summed E-state index contributed by atoms with van der Waals surface area (Å²) < 4.78 is 82.8. The quantitative estimate of drug-likeness (QED) is 0.595. The average Bonchev–Trinajstić information content (AvgIpc) is 2.73. The number of ether oxygens (including phenoxy) is 1. The maximum absolute atomic E-state index is 13.0. The first-order valence-corrected chi connectivity index (χ1v) is 9.83. The first-order chi connectivity index (χ1) is 15.0. The smallest absolute Gasteiger partial charge is 0.433 e. The molecule has 0 aliphatic heterocycles. The van der Waals surface area contributed by atoms with Crippen LogP contribution in [0.3, 0.4) is 0 Å². The Morgan fingerprint density at radius 3 is 1.88 bits per heavy atom. The van der Waals surface area contributed by atoms with E-state index in [1.165, 1.54) is 7.11 Å². The summed E-state index contributed by atoms with van der Waals surface area (Å²) in [5.41, 5.74) is -3.03. The fourth-order valence-electron chi connectivity index (χ4n) is 3.53. The summed E-state index contributed by atoms with van der Waals surface area (Å²) in [6.45, 7) is 0. The van der Waals surface area contributed by atoms with E-state index in [9.17, 15) is 31.1 Å². The minimum Gasteiger partial charge on any atom is -0.497 e. The van der Waals surface area contributed by atoms with Gasteiger partial charge in [-0.1, -0.05) is 0 Å². The van der Waals surface area contributed by atoms with Gasteiger partial charge in [0, 0.05) is 23.3 Å². The Kier molecular flexibility index (Phi) is 6.85. The Balaban J connectivity index is 1.60. The van der Waals surface area contributed by atoms with Gasteiger partial charge in [0.2, 0.25) is 0 Å². The lowest BCUT2D eigenvalue weighted by Crippen LogP contribution is -2.40. The number of halogens is 6. The van der Waals surface area contributed by atoms with Gasteiger partial charge in [-0.05, 0) is 62.1 Å². The Morgan fingerprint density at radius 1 is 0.906 bits per heavy atom. The van der Waals surface area contributed by atoms with Crippen LogP contribution in [0, 0.1) is 0 Å². The third-order valence-corrected chi connectivity index (χ3v) is 5.19. The molecule has 174 valence electrons. The highest BCUT2D eigenvalue weighted by Gasteiger charge is 2.39. The molecule has 2 aromatic rings. The van der Waals surface area contributed by atoms with Crippen molar-refractivity contribution >= 4 is 11.6 Å². The highest BCUT2D eigenvalue weighted by molar-refractivity contribution is 5.94. The van der Waals surface area contributed by atoms with Gasteiger partial charge < -0.3 is 15.4 Å². The number of alkyl halides is 6. The van der Waals surface area contributed by atoms with E-state index in [0.717, 1.165) is 0 Å². The van der Waals surface area contributed by atoms with E-state index in [4.69, 9.17) is 4.74 Å². The van der Waals surface area contributed by atoms with Crippen molar-refractivity contribution in [3.63, 3.8) is 0 Å². The van der Waals surface area contributed by atoms with Crippen LogP contribution in [0.25, 0.3) is 0 Å². The van der Waals surface area contributed by atoms with E-state index in [-0.39, 0.29) is 23.7 Å². The molecule has 11 heteroatoms. The zero-order valence-electron chi connectivity index (χ0n) is 17.0. The summed E-state index contributed by atoms with van der Waals surface area (Å²) in [4.78, 5) is 15.1. The summed E-state index contributed by atoms with van der Waals surface area (Å²) in [5.74, 6) is 0.356. The van der Waals surface area contributed by atoms with Crippen LogP contribution < -0.4 is 15.4 Å². The van der Waals surface area contributed by atoms with Crippen molar-refractivity contribution in [3.05, 3.63) is 53.3 Å². The van der Waals surface area contributed by atoms with Gasteiger partial charge in [-0.25, -0.2) is 4.98 Å². The van der Waals surface area contributed by atoms with Crippen molar-refractivity contribution in [1.82, 2.24) is 10.3 Å². The molecule has 1 aliphatic rings. The van der Waals surface area contributed by atoms with Crippen molar-refractivity contribution in [2.45, 2.75) is 50.1 Å². The third kappa shape index (κ3) is 6.04. The number of carbonyl (C=O) groups is 1. The molecule has 1 aromatic heterocycles. The van der Waals surface area contributed by atoms with Crippen LogP contribution in [-0.4, -0.2) is 30.1 Å². The molecular formula is C21H21F6N3O2. The second kappa shape index (κ2) is 9.25. The molecule has 0 saturated heterocycles. The van der Waals surface area contributed by atoms with Gasteiger partial charge in [-0.2, -0.15) is 26.3 Å². The predicted octanol–water partition coefficient (Wildman–Crippen LogP) is 5.28. The van der Waals surface area contributed by atoms with Crippen molar-refractivity contribution in [2.24, 2.45) is 0 Å². The number of nitrogens with one attached hydrogen (secondary N) is 2. The van der Waals surface area contributed by atoms with E-state index >= 15 is 0 Å². The van der Waals surface area contributed by atoms with Crippen LogP contribution in [0.4, 0.5) is 32.0 Å². The molecule has 1 fully saturated rings. The number of hydrogen-bond donors (Lipinski definition) is 2. The van der Waals surface area contributed by atoms with Gasteiger partial charge >= 0.3 is 12.4 Å². The van der Waals surface area contributed by atoms with E-state index in [0.29, 0.717) is 49.1 Å². The van der Waals surface area contributed by atoms with Crippen LogP contribution in [0.5, 0.6) is 5.75 Å². The lowest BCUT2D eigenvalue weighted by atomic mass is 9.90. The summed E-state index contributed by atoms with van der Waals surface area (Å²) in [6.07, 6.45) is -7.99. The second-order valence-corrected chi connectivity index (χ2v) is 7.52. The van der Waals surface area contributed by atoms with Gasteiger partial charge in [0.1, 0.15) is 17.1 Å². The molecule has 1 aliphatic carbocycles. The van der Waals surface area contributed by atoms with Gasteiger partial charge in [-0.15, -0.1) is 0 Å². The van der Waals surface area contributed by atoms with Gasteiger partial charge in [0.05, 0.1) is 7.11 Å². The predicted molar refractivity (Wildman–Crippen MR) is 104 cm³/mol. The van der Waals surface area contributed by atoms with Gasteiger partial charge in [-0.3, -0.25) is 4.79 Å². The zero-order chi connectivity index (χ0) is 23.5. The lowest BCUT2D eigenvalue weighted by molar-refractivity contribution is -0.150. The highest BCUT2D eigenvalue weighted by Crippen LogP contribution is 2.35. The number of hydrogen-bond acceptors (Lipinski definition) is 4. The minimum atomic E-state index is -5.00. The summed E-state index contributed by atoms with van der Waals surface area (Å²) in [5, 5.41) is 5.66. The number of carbonyl (C=O) groups excluding carboxylic acids is 1. The van der Waals surface area contributed by atoms with Gasteiger partial charge in [0.25, 0.3) is 5.91 Å². The Morgan fingerprint density at radius 2 is 1.41 bits per heavy atom. The second-order valence-electron chi connectivity index (χ2n) is 7.52. The van der Waals surface area contributed by atoms with E-state index in [1.54, 1.807) is 24.3 Å². The molecule has 0 atom stereocenters. The molecule has 32 heavy (non-hydrogen) atoms. The average molecular weight is 461 g/mol. The molecule has 1 amide bonds. The van der Waals surface area contributed by atoms with E-state index < -0.39 is 23.7 Å². The SMILES string of the molecule is COc1ccc(C(=O)N[C@H]2CC[C@@H](Nc3cc(C(F)(F)F)nc(C(F)(F)F)c3)CC2)cc1. The maximum atomic E-state index is 13.0. The Bertz CT molecular complexity index is 904. The number of pyridine rings is 1.